The summed E-state index contributed by atoms with van der Waals surface area (Å²) in [5, 5.41) is 2.76. The summed E-state index contributed by atoms with van der Waals surface area (Å²) in [5.74, 6) is 1.43. The second-order valence-electron chi connectivity index (χ2n) is 7.44. The fraction of sp³-hybridized carbons (Fsp3) is 0.409. The zero-order chi connectivity index (χ0) is 21.7. The molecule has 1 atom stereocenters. The molecule has 2 aliphatic rings. The average molecular weight is 447 g/mol. The minimum absolute atomic E-state index is 0.149. The number of sulfonamides is 1. The summed E-state index contributed by atoms with van der Waals surface area (Å²) in [4.78, 5) is 12.5. The largest absolute Gasteiger partial charge is 0.492 e. The van der Waals surface area contributed by atoms with Crippen LogP contribution in [-0.2, 0) is 14.8 Å². The maximum atomic E-state index is 12.7. The van der Waals surface area contributed by atoms with Crippen molar-refractivity contribution in [2.75, 3.05) is 32.8 Å². The molecule has 8 nitrogen and oxygen atoms in total. The van der Waals surface area contributed by atoms with Crippen molar-refractivity contribution in [1.82, 2.24) is 9.62 Å². The molecule has 1 saturated heterocycles. The maximum absolute atomic E-state index is 12.7. The predicted molar refractivity (Wildman–Crippen MR) is 114 cm³/mol. The Morgan fingerprint density at radius 1 is 1.03 bits per heavy atom. The van der Waals surface area contributed by atoms with Crippen molar-refractivity contribution in [3.05, 3.63) is 48.5 Å². The standard InChI is InChI=1S/C22H26N2O6S/c25-22(21-16-29-19-6-2-3-7-20(19)30-21)23-12-15-28-17-8-10-18(11-9-17)31(26,27)24-13-4-1-5-14-24/h2-3,6-11,21H,1,4-5,12-16H2,(H,23,25)/t21-/m1/s1. The van der Waals surface area contributed by atoms with Crippen molar-refractivity contribution in [1.29, 1.82) is 0 Å². The number of benzene rings is 2. The second kappa shape index (κ2) is 9.57. The number of para-hydroxylation sites is 2. The van der Waals surface area contributed by atoms with E-state index in [0.29, 0.717) is 30.3 Å². The molecule has 0 aliphatic carbocycles. The van der Waals surface area contributed by atoms with Crippen LogP contribution in [0.1, 0.15) is 19.3 Å². The first-order chi connectivity index (χ1) is 15.0. The third-order valence-corrected chi connectivity index (χ3v) is 7.16. The van der Waals surface area contributed by atoms with E-state index in [4.69, 9.17) is 14.2 Å². The molecule has 9 heteroatoms. The van der Waals surface area contributed by atoms with Gasteiger partial charge in [0.05, 0.1) is 11.4 Å². The minimum atomic E-state index is -3.45. The molecule has 0 saturated carbocycles. The summed E-state index contributed by atoms with van der Waals surface area (Å²) in [6.07, 6.45) is 2.16. The van der Waals surface area contributed by atoms with Crippen LogP contribution in [0.5, 0.6) is 17.2 Å². The quantitative estimate of drug-likeness (QED) is 0.656. The van der Waals surface area contributed by atoms with Gasteiger partial charge in [-0.25, -0.2) is 8.42 Å². The summed E-state index contributed by atoms with van der Waals surface area (Å²) in [7, 11) is -3.45. The van der Waals surface area contributed by atoms with E-state index in [0.717, 1.165) is 19.3 Å². The Kier molecular flexibility index (Phi) is 6.62. The van der Waals surface area contributed by atoms with E-state index >= 15 is 0 Å². The summed E-state index contributed by atoms with van der Waals surface area (Å²) >= 11 is 0. The first-order valence-electron chi connectivity index (χ1n) is 10.4. The van der Waals surface area contributed by atoms with Gasteiger partial charge in [0.2, 0.25) is 16.1 Å². The lowest BCUT2D eigenvalue weighted by Crippen LogP contribution is -2.45. The molecule has 2 heterocycles. The molecule has 0 bridgehead atoms. The molecule has 31 heavy (non-hydrogen) atoms. The number of hydrogen-bond donors (Lipinski definition) is 1. The average Bonchev–Trinajstić information content (AvgIpc) is 2.82. The van der Waals surface area contributed by atoms with Gasteiger partial charge in [-0.3, -0.25) is 4.79 Å². The van der Waals surface area contributed by atoms with Crippen LogP contribution in [0.3, 0.4) is 0 Å². The van der Waals surface area contributed by atoms with Crippen LogP contribution in [0.15, 0.2) is 53.4 Å². The minimum Gasteiger partial charge on any atom is -0.492 e. The second-order valence-corrected chi connectivity index (χ2v) is 9.38. The van der Waals surface area contributed by atoms with Gasteiger partial charge in [0.25, 0.3) is 5.91 Å². The topological polar surface area (TPSA) is 94.2 Å². The Balaban J connectivity index is 1.23. The number of amides is 1. The third-order valence-electron chi connectivity index (χ3n) is 5.25. The lowest BCUT2D eigenvalue weighted by Gasteiger charge is -2.26. The van der Waals surface area contributed by atoms with E-state index in [9.17, 15) is 13.2 Å². The Morgan fingerprint density at radius 3 is 2.48 bits per heavy atom. The maximum Gasteiger partial charge on any atom is 0.264 e. The molecular weight excluding hydrogens is 420 g/mol. The molecule has 4 rings (SSSR count). The van der Waals surface area contributed by atoms with Gasteiger partial charge in [-0.15, -0.1) is 0 Å². The molecular formula is C22H26N2O6S. The summed E-state index contributed by atoms with van der Waals surface area (Å²) < 4.78 is 43.7. The molecule has 2 aromatic rings. The highest BCUT2D eigenvalue weighted by Crippen LogP contribution is 2.30. The van der Waals surface area contributed by atoms with E-state index in [1.165, 1.54) is 4.31 Å². The summed E-state index contributed by atoms with van der Waals surface area (Å²) in [5.41, 5.74) is 0. The first kappa shape index (κ1) is 21.5. The highest BCUT2D eigenvalue weighted by molar-refractivity contribution is 7.89. The fourth-order valence-electron chi connectivity index (χ4n) is 3.57. The van der Waals surface area contributed by atoms with E-state index in [-0.39, 0.29) is 30.6 Å². The molecule has 0 radical (unpaired) electrons. The number of carbonyl (C=O) groups excluding carboxylic acids is 1. The number of piperidine rings is 1. The normalized spacial score (nSPS) is 18.9. The van der Waals surface area contributed by atoms with Gasteiger partial charge in [0.15, 0.2) is 11.5 Å². The van der Waals surface area contributed by atoms with Crippen LogP contribution < -0.4 is 19.5 Å². The Hall–Kier alpha value is -2.78. The smallest absolute Gasteiger partial charge is 0.264 e. The van der Waals surface area contributed by atoms with Gasteiger partial charge in [0, 0.05) is 13.1 Å². The molecule has 2 aromatic carbocycles. The van der Waals surface area contributed by atoms with E-state index in [1.807, 2.05) is 12.1 Å². The van der Waals surface area contributed by atoms with Crippen molar-refractivity contribution in [2.24, 2.45) is 0 Å². The molecule has 1 N–H and O–H groups in total. The van der Waals surface area contributed by atoms with Gasteiger partial charge in [0.1, 0.15) is 19.0 Å². The predicted octanol–water partition coefficient (Wildman–Crippen LogP) is 2.20. The fourth-order valence-corrected chi connectivity index (χ4v) is 5.08. The van der Waals surface area contributed by atoms with Gasteiger partial charge >= 0.3 is 0 Å². The van der Waals surface area contributed by atoms with Gasteiger partial charge in [-0.05, 0) is 49.2 Å². The third kappa shape index (κ3) is 5.11. The molecule has 0 unspecified atom stereocenters. The van der Waals surface area contributed by atoms with Crippen molar-refractivity contribution in [3.63, 3.8) is 0 Å². The zero-order valence-electron chi connectivity index (χ0n) is 17.2. The van der Waals surface area contributed by atoms with Crippen LogP contribution in [0.4, 0.5) is 0 Å². The first-order valence-corrected chi connectivity index (χ1v) is 11.9. The molecule has 0 spiro atoms. The molecule has 166 valence electrons. The van der Waals surface area contributed by atoms with Crippen molar-refractivity contribution < 1.29 is 27.4 Å². The lowest BCUT2D eigenvalue weighted by molar-refractivity contribution is -0.130. The zero-order valence-corrected chi connectivity index (χ0v) is 18.0. The van der Waals surface area contributed by atoms with E-state index in [1.54, 1.807) is 36.4 Å². The van der Waals surface area contributed by atoms with E-state index < -0.39 is 16.1 Å². The van der Waals surface area contributed by atoms with Crippen LogP contribution in [0.2, 0.25) is 0 Å². The number of rotatable bonds is 7. The SMILES string of the molecule is O=C(NCCOc1ccc(S(=O)(=O)N2CCCCC2)cc1)[C@H]1COc2ccccc2O1. The van der Waals surface area contributed by atoms with Crippen molar-refractivity contribution >= 4 is 15.9 Å². The summed E-state index contributed by atoms with van der Waals surface area (Å²) in [6, 6.07) is 13.6. The molecule has 1 fully saturated rings. The van der Waals surface area contributed by atoms with Crippen LogP contribution in [-0.4, -0.2) is 57.6 Å². The number of nitrogens with one attached hydrogen (secondary N) is 1. The van der Waals surface area contributed by atoms with Gasteiger partial charge in [-0.2, -0.15) is 4.31 Å². The number of nitrogens with zero attached hydrogens (tertiary/aromatic N) is 1. The lowest BCUT2D eigenvalue weighted by atomic mass is 10.2. The number of fused-ring (bicyclic) bond motifs is 1. The van der Waals surface area contributed by atoms with E-state index in [2.05, 4.69) is 5.32 Å². The molecule has 2 aliphatic heterocycles. The Labute approximate surface area is 182 Å². The van der Waals surface area contributed by atoms with Crippen LogP contribution in [0.25, 0.3) is 0 Å². The van der Waals surface area contributed by atoms with Crippen LogP contribution >= 0.6 is 0 Å². The number of carbonyl (C=O) groups is 1. The van der Waals surface area contributed by atoms with Crippen molar-refractivity contribution in [2.45, 2.75) is 30.3 Å². The Bertz CT molecular complexity index is 1000. The van der Waals surface area contributed by atoms with Gasteiger partial charge in [-0.1, -0.05) is 18.6 Å². The number of ether oxygens (including phenoxy) is 3. The highest BCUT2D eigenvalue weighted by atomic mass is 32.2. The van der Waals surface area contributed by atoms with Gasteiger partial charge < -0.3 is 19.5 Å². The molecule has 1 amide bonds. The molecule has 0 aromatic heterocycles. The summed E-state index contributed by atoms with van der Waals surface area (Å²) in [6.45, 7) is 1.82. The highest BCUT2D eigenvalue weighted by Gasteiger charge is 2.27. The Morgan fingerprint density at radius 2 is 1.74 bits per heavy atom. The monoisotopic (exact) mass is 446 g/mol. The van der Waals surface area contributed by atoms with Crippen LogP contribution in [0, 0.1) is 0 Å². The van der Waals surface area contributed by atoms with Crippen molar-refractivity contribution in [3.8, 4) is 17.2 Å². The number of hydrogen-bond acceptors (Lipinski definition) is 6.